The molecular weight excluding hydrogens is 350 g/mol. The first-order valence-corrected chi connectivity index (χ1v) is 9.85. The van der Waals surface area contributed by atoms with Gasteiger partial charge in [0.2, 0.25) is 0 Å². The van der Waals surface area contributed by atoms with Crippen molar-refractivity contribution in [3.05, 3.63) is 59.7 Å². The maximum Gasteiger partial charge on any atom is 0.258 e. The number of rotatable bonds is 8. The van der Waals surface area contributed by atoms with Crippen molar-refractivity contribution in [2.45, 2.75) is 52.5 Å². The van der Waals surface area contributed by atoms with Gasteiger partial charge in [0.1, 0.15) is 11.5 Å². The Kier molecular flexibility index (Phi) is 7.50. The molecule has 2 aromatic rings. The predicted octanol–water partition coefficient (Wildman–Crippen LogP) is 5.28. The highest BCUT2D eigenvalue weighted by Gasteiger charge is 2.17. The molecule has 4 nitrogen and oxygen atoms in total. The molecular formula is C24H33NO3. The number of ether oxygens (including phenoxy) is 2. The second-order valence-corrected chi connectivity index (χ2v) is 8.59. The fraction of sp³-hybridized carbons (Fsp3) is 0.458. The average molecular weight is 384 g/mol. The third kappa shape index (κ3) is 6.59. The fourth-order valence-electron chi connectivity index (χ4n) is 3.02. The van der Waals surface area contributed by atoms with Crippen LogP contribution in [0.5, 0.6) is 11.5 Å². The Morgan fingerprint density at radius 3 is 2.04 bits per heavy atom. The molecule has 0 saturated carbocycles. The van der Waals surface area contributed by atoms with E-state index in [-0.39, 0.29) is 24.0 Å². The van der Waals surface area contributed by atoms with Crippen LogP contribution in [0.4, 0.5) is 0 Å². The van der Waals surface area contributed by atoms with Gasteiger partial charge in [-0.15, -0.1) is 0 Å². The standard InChI is InChI=1S/C24H33NO3/c1-17(2)15-22(18-7-11-20(27-6)12-8-18)25-23(26)16-28-21-13-9-19(10-14-21)24(3,4)5/h7-14,17,22H,15-16H2,1-6H3,(H,25,26)/t22-/m1/s1. The summed E-state index contributed by atoms with van der Waals surface area (Å²) in [6.45, 7) is 10.8. The summed E-state index contributed by atoms with van der Waals surface area (Å²) in [5.74, 6) is 1.84. The molecule has 2 rings (SSSR count). The van der Waals surface area contributed by atoms with Gasteiger partial charge in [-0.1, -0.05) is 58.9 Å². The molecule has 0 aliphatic heterocycles. The van der Waals surface area contributed by atoms with Crippen molar-refractivity contribution >= 4 is 5.91 Å². The molecule has 1 atom stereocenters. The molecule has 2 aromatic carbocycles. The van der Waals surface area contributed by atoms with Crippen molar-refractivity contribution < 1.29 is 14.3 Å². The molecule has 0 saturated heterocycles. The first-order valence-electron chi connectivity index (χ1n) is 9.85. The second kappa shape index (κ2) is 9.63. The maximum absolute atomic E-state index is 12.5. The summed E-state index contributed by atoms with van der Waals surface area (Å²) in [5.41, 5.74) is 2.40. The van der Waals surface area contributed by atoms with E-state index in [9.17, 15) is 4.79 Å². The molecule has 0 aromatic heterocycles. The quantitative estimate of drug-likeness (QED) is 0.675. The summed E-state index contributed by atoms with van der Waals surface area (Å²) in [4.78, 5) is 12.5. The Bertz CT molecular complexity index is 743. The van der Waals surface area contributed by atoms with Gasteiger partial charge in [-0.2, -0.15) is 0 Å². The van der Waals surface area contributed by atoms with Crippen LogP contribution in [0.15, 0.2) is 48.5 Å². The van der Waals surface area contributed by atoms with Crippen LogP contribution in [0.25, 0.3) is 0 Å². The van der Waals surface area contributed by atoms with Crippen LogP contribution in [-0.4, -0.2) is 19.6 Å². The van der Waals surface area contributed by atoms with Gasteiger partial charge in [-0.05, 0) is 53.1 Å². The Balaban J connectivity index is 1.97. The number of hydrogen-bond acceptors (Lipinski definition) is 3. The molecule has 0 spiro atoms. The molecule has 0 unspecified atom stereocenters. The highest BCUT2D eigenvalue weighted by molar-refractivity contribution is 5.78. The van der Waals surface area contributed by atoms with E-state index in [4.69, 9.17) is 9.47 Å². The third-order valence-corrected chi connectivity index (χ3v) is 4.65. The molecule has 0 aliphatic rings. The van der Waals surface area contributed by atoms with Crippen LogP contribution in [0.2, 0.25) is 0 Å². The van der Waals surface area contributed by atoms with Crippen LogP contribution in [0.3, 0.4) is 0 Å². The summed E-state index contributed by atoms with van der Waals surface area (Å²) in [5, 5.41) is 3.10. The van der Waals surface area contributed by atoms with Gasteiger partial charge in [0.05, 0.1) is 13.2 Å². The van der Waals surface area contributed by atoms with E-state index in [0.29, 0.717) is 11.7 Å². The molecule has 0 heterocycles. The topological polar surface area (TPSA) is 47.6 Å². The van der Waals surface area contributed by atoms with Gasteiger partial charge >= 0.3 is 0 Å². The predicted molar refractivity (Wildman–Crippen MR) is 114 cm³/mol. The molecule has 0 bridgehead atoms. The Morgan fingerprint density at radius 1 is 0.964 bits per heavy atom. The van der Waals surface area contributed by atoms with Crippen LogP contribution in [0.1, 0.15) is 58.2 Å². The minimum atomic E-state index is -0.124. The highest BCUT2D eigenvalue weighted by atomic mass is 16.5. The Labute approximate surface area is 169 Å². The lowest BCUT2D eigenvalue weighted by atomic mass is 9.87. The van der Waals surface area contributed by atoms with Gasteiger partial charge in [0.25, 0.3) is 5.91 Å². The van der Waals surface area contributed by atoms with Crippen molar-refractivity contribution in [3.8, 4) is 11.5 Å². The minimum Gasteiger partial charge on any atom is -0.497 e. The molecule has 4 heteroatoms. The van der Waals surface area contributed by atoms with E-state index in [1.165, 1.54) is 5.56 Å². The van der Waals surface area contributed by atoms with Crippen molar-refractivity contribution in [2.24, 2.45) is 5.92 Å². The lowest BCUT2D eigenvalue weighted by Gasteiger charge is -2.22. The third-order valence-electron chi connectivity index (χ3n) is 4.65. The van der Waals surface area contributed by atoms with E-state index in [1.54, 1.807) is 7.11 Å². The molecule has 1 N–H and O–H groups in total. The summed E-state index contributed by atoms with van der Waals surface area (Å²) < 4.78 is 10.9. The van der Waals surface area contributed by atoms with E-state index in [1.807, 2.05) is 48.5 Å². The lowest BCUT2D eigenvalue weighted by Crippen LogP contribution is -2.33. The molecule has 0 fully saturated rings. The zero-order valence-electron chi connectivity index (χ0n) is 17.9. The Hall–Kier alpha value is -2.49. The maximum atomic E-state index is 12.5. The Morgan fingerprint density at radius 2 is 1.54 bits per heavy atom. The monoisotopic (exact) mass is 383 g/mol. The van der Waals surface area contributed by atoms with Gasteiger partial charge < -0.3 is 14.8 Å². The zero-order chi connectivity index (χ0) is 20.7. The largest absolute Gasteiger partial charge is 0.497 e. The van der Waals surface area contributed by atoms with Crippen LogP contribution in [0, 0.1) is 5.92 Å². The van der Waals surface area contributed by atoms with Gasteiger partial charge in [0, 0.05) is 0 Å². The van der Waals surface area contributed by atoms with Crippen molar-refractivity contribution in [1.82, 2.24) is 5.32 Å². The summed E-state index contributed by atoms with van der Waals surface area (Å²) in [7, 11) is 1.65. The van der Waals surface area contributed by atoms with Gasteiger partial charge in [-0.3, -0.25) is 4.79 Å². The molecule has 28 heavy (non-hydrogen) atoms. The number of carbonyl (C=O) groups is 1. The number of amides is 1. The van der Waals surface area contributed by atoms with Crippen molar-refractivity contribution in [3.63, 3.8) is 0 Å². The van der Waals surface area contributed by atoms with Crippen LogP contribution >= 0.6 is 0 Å². The number of nitrogens with one attached hydrogen (secondary N) is 1. The number of methoxy groups -OCH3 is 1. The van der Waals surface area contributed by atoms with Gasteiger partial charge in [-0.25, -0.2) is 0 Å². The number of benzene rings is 2. The highest BCUT2D eigenvalue weighted by Crippen LogP contribution is 2.25. The van der Waals surface area contributed by atoms with Crippen molar-refractivity contribution in [2.75, 3.05) is 13.7 Å². The lowest BCUT2D eigenvalue weighted by molar-refractivity contribution is -0.124. The van der Waals surface area contributed by atoms with E-state index >= 15 is 0 Å². The van der Waals surface area contributed by atoms with Crippen LogP contribution < -0.4 is 14.8 Å². The summed E-state index contributed by atoms with van der Waals surface area (Å²) in [6, 6.07) is 15.7. The molecule has 152 valence electrons. The van der Waals surface area contributed by atoms with Crippen molar-refractivity contribution in [1.29, 1.82) is 0 Å². The first-order chi connectivity index (χ1) is 13.2. The fourth-order valence-corrected chi connectivity index (χ4v) is 3.02. The zero-order valence-corrected chi connectivity index (χ0v) is 17.9. The summed E-state index contributed by atoms with van der Waals surface area (Å²) >= 11 is 0. The second-order valence-electron chi connectivity index (χ2n) is 8.59. The smallest absolute Gasteiger partial charge is 0.258 e. The first kappa shape index (κ1) is 21.8. The van der Waals surface area contributed by atoms with Crippen LogP contribution in [-0.2, 0) is 10.2 Å². The average Bonchev–Trinajstić information content (AvgIpc) is 2.65. The number of hydrogen-bond donors (Lipinski definition) is 1. The SMILES string of the molecule is COc1ccc([C@@H](CC(C)C)NC(=O)COc2ccc(C(C)(C)C)cc2)cc1. The van der Waals surface area contributed by atoms with E-state index in [2.05, 4.69) is 39.9 Å². The van der Waals surface area contributed by atoms with E-state index < -0.39 is 0 Å². The minimum absolute atomic E-state index is 0.000382. The normalized spacial score (nSPS) is 12.5. The van der Waals surface area contributed by atoms with Gasteiger partial charge in [0.15, 0.2) is 6.61 Å². The molecule has 0 radical (unpaired) electrons. The summed E-state index contributed by atoms with van der Waals surface area (Å²) in [6.07, 6.45) is 0.859. The molecule has 1 amide bonds. The number of carbonyl (C=O) groups excluding carboxylic acids is 1. The molecule has 0 aliphatic carbocycles. The van der Waals surface area contributed by atoms with E-state index in [0.717, 1.165) is 17.7 Å².